The third kappa shape index (κ3) is 1.32. The Morgan fingerprint density at radius 3 is 3.25 bits per heavy atom. The van der Waals surface area contributed by atoms with Crippen molar-refractivity contribution in [3.8, 4) is 0 Å². The Balaban J connectivity index is 2.37. The minimum atomic E-state index is -0.202. The Bertz CT molecular complexity index is 299. The van der Waals surface area contributed by atoms with E-state index in [1.165, 1.54) is 5.56 Å². The molecule has 1 heterocycles. The van der Waals surface area contributed by atoms with E-state index in [0.717, 1.165) is 24.4 Å². The highest BCUT2D eigenvalue weighted by Crippen LogP contribution is 2.18. The smallest absolute Gasteiger partial charge is 0.125 e. The summed E-state index contributed by atoms with van der Waals surface area (Å²) in [6.07, 6.45) is 4.13. The van der Waals surface area contributed by atoms with Crippen LogP contribution in [0.3, 0.4) is 0 Å². The fraction of sp³-hybridized carbons (Fsp3) is 0.556. The van der Waals surface area contributed by atoms with Gasteiger partial charge in [-0.2, -0.15) is 0 Å². The lowest BCUT2D eigenvalue weighted by Crippen LogP contribution is -2.20. The molecule has 0 saturated heterocycles. The summed E-state index contributed by atoms with van der Waals surface area (Å²) in [5, 5.41) is 9.39. The minimum Gasteiger partial charge on any atom is -0.393 e. The maximum absolute atomic E-state index is 9.39. The first-order chi connectivity index (χ1) is 5.75. The highest BCUT2D eigenvalue weighted by Gasteiger charge is 2.17. The van der Waals surface area contributed by atoms with Gasteiger partial charge in [-0.3, -0.25) is 0 Å². The van der Waals surface area contributed by atoms with Crippen LogP contribution in [0.15, 0.2) is 6.20 Å². The minimum absolute atomic E-state index is 0.202. The number of nitrogens with zero attached hydrogens (tertiary/aromatic N) is 2. The number of aryl methyl sites for hydroxylation is 2. The molecule has 0 fully saturated rings. The summed E-state index contributed by atoms with van der Waals surface area (Å²) in [7, 11) is 0. The lowest BCUT2D eigenvalue weighted by Gasteiger charge is -2.18. The van der Waals surface area contributed by atoms with Gasteiger partial charge in [0.2, 0.25) is 0 Å². The zero-order valence-corrected chi connectivity index (χ0v) is 7.12. The van der Waals surface area contributed by atoms with E-state index in [9.17, 15) is 5.11 Å². The molecule has 1 unspecified atom stereocenters. The van der Waals surface area contributed by atoms with Crippen LogP contribution in [0.4, 0.5) is 0 Å². The van der Waals surface area contributed by atoms with Crippen molar-refractivity contribution >= 4 is 0 Å². The Hall–Kier alpha value is -0.960. The number of fused-ring (bicyclic) bond motifs is 1. The van der Waals surface area contributed by atoms with E-state index in [1.54, 1.807) is 0 Å². The van der Waals surface area contributed by atoms with Crippen molar-refractivity contribution in [2.45, 2.75) is 32.3 Å². The van der Waals surface area contributed by atoms with Gasteiger partial charge in [0.15, 0.2) is 0 Å². The maximum atomic E-state index is 9.39. The quantitative estimate of drug-likeness (QED) is 0.612. The van der Waals surface area contributed by atoms with Gasteiger partial charge in [0.05, 0.1) is 6.10 Å². The molecular weight excluding hydrogens is 152 g/mol. The van der Waals surface area contributed by atoms with Crippen LogP contribution in [0.5, 0.6) is 0 Å². The van der Waals surface area contributed by atoms with Gasteiger partial charge in [0, 0.05) is 18.3 Å². The zero-order valence-electron chi connectivity index (χ0n) is 7.12. The van der Waals surface area contributed by atoms with Crippen molar-refractivity contribution in [3.05, 3.63) is 23.3 Å². The number of rotatable bonds is 0. The van der Waals surface area contributed by atoms with Crippen molar-refractivity contribution in [1.29, 1.82) is 0 Å². The molecule has 3 heteroatoms. The molecule has 0 spiro atoms. The molecule has 3 nitrogen and oxygen atoms in total. The largest absolute Gasteiger partial charge is 0.393 e. The lowest BCUT2D eigenvalue weighted by atomic mass is 9.95. The molecule has 0 bridgehead atoms. The fourth-order valence-electron chi connectivity index (χ4n) is 1.57. The molecule has 0 saturated carbocycles. The van der Waals surface area contributed by atoms with Gasteiger partial charge in [-0.1, -0.05) is 0 Å². The molecule has 64 valence electrons. The van der Waals surface area contributed by atoms with Crippen molar-refractivity contribution in [2.24, 2.45) is 0 Å². The van der Waals surface area contributed by atoms with Gasteiger partial charge in [0.25, 0.3) is 0 Å². The molecule has 0 radical (unpaired) electrons. The normalized spacial score (nSPS) is 22.0. The van der Waals surface area contributed by atoms with Crippen LogP contribution >= 0.6 is 0 Å². The third-order valence-corrected chi connectivity index (χ3v) is 2.25. The Labute approximate surface area is 71.5 Å². The summed E-state index contributed by atoms with van der Waals surface area (Å²) >= 11 is 0. The van der Waals surface area contributed by atoms with E-state index in [0.29, 0.717) is 6.42 Å². The first kappa shape index (κ1) is 7.68. The molecule has 2 rings (SSSR count). The number of aliphatic hydroxyl groups is 1. The summed E-state index contributed by atoms with van der Waals surface area (Å²) in [5.74, 6) is 0.794. The first-order valence-electron chi connectivity index (χ1n) is 4.25. The molecule has 1 aliphatic carbocycles. The van der Waals surface area contributed by atoms with Crippen LogP contribution in [0.25, 0.3) is 0 Å². The molecule has 1 atom stereocenters. The highest BCUT2D eigenvalue weighted by molar-refractivity contribution is 5.21. The van der Waals surface area contributed by atoms with E-state index >= 15 is 0 Å². The van der Waals surface area contributed by atoms with Gasteiger partial charge in [-0.05, 0) is 25.3 Å². The fourth-order valence-corrected chi connectivity index (χ4v) is 1.57. The van der Waals surface area contributed by atoms with Crippen molar-refractivity contribution in [1.82, 2.24) is 9.97 Å². The number of hydrogen-bond acceptors (Lipinski definition) is 3. The summed E-state index contributed by atoms with van der Waals surface area (Å²) in [5.41, 5.74) is 2.23. The summed E-state index contributed by atoms with van der Waals surface area (Å²) in [4.78, 5) is 8.42. The van der Waals surface area contributed by atoms with Crippen LogP contribution in [0.2, 0.25) is 0 Å². The van der Waals surface area contributed by atoms with Crippen LogP contribution in [0, 0.1) is 6.92 Å². The lowest BCUT2D eigenvalue weighted by molar-refractivity contribution is 0.157. The van der Waals surface area contributed by atoms with E-state index in [-0.39, 0.29) is 6.10 Å². The topological polar surface area (TPSA) is 46.0 Å². The van der Waals surface area contributed by atoms with Crippen LogP contribution in [0.1, 0.15) is 23.5 Å². The average Bonchev–Trinajstić information content (AvgIpc) is 2.03. The predicted molar refractivity (Wildman–Crippen MR) is 44.8 cm³/mol. The molecule has 1 aromatic heterocycles. The third-order valence-electron chi connectivity index (χ3n) is 2.25. The first-order valence-corrected chi connectivity index (χ1v) is 4.25. The monoisotopic (exact) mass is 164 g/mol. The van der Waals surface area contributed by atoms with Gasteiger partial charge in [-0.15, -0.1) is 0 Å². The SMILES string of the molecule is Cc1ncc2c(n1)CC(O)CC2. The van der Waals surface area contributed by atoms with E-state index in [4.69, 9.17) is 0 Å². The second-order valence-corrected chi connectivity index (χ2v) is 3.29. The number of hydrogen-bond donors (Lipinski definition) is 1. The Morgan fingerprint density at radius 1 is 1.58 bits per heavy atom. The zero-order chi connectivity index (χ0) is 8.55. The second kappa shape index (κ2) is 2.83. The van der Waals surface area contributed by atoms with Crippen molar-refractivity contribution in [3.63, 3.8) is 0 Å². The Kier molecular flexibility index (Phi) is 1.81. The highest BCUT2D eigenvalue weighted by atomic mass is 16.3. The van der Waals surface area contributed by atoms with Crippen molar-refractivity contribution in [2.75, 3.05) is 0 Å². The Morgan fingerprint density at radius 2 is 2.42 bits per heavy atom. The van der Waals surface area contributed by atoms with Crippen molar-refractivity contribution < 1.29 is 5.11 Å². The van der Waals surface area contributed by atoms with Crippen LogP contribution in [-0.4, -0.2) is 21.2 Å². The van der Waals surface area contributed by atoms with Gasteiger partial charge in [-0.25, -0.2) is 9.97 Å². The average molecular weight is 164 g/mol. The summed E-state index contributed by atoms with van der Waals surface area (Å²) in [6.45, 7) is 1.88. The number of aromatic nitrogens is 2. The molecular formula is C9H12N2O. The van der Waals surface area contributed by atoms with E-state index < -0.39 is 0 Å². The molecule has 0 aliphatic heterocycles. The maximum Gasteiger partial charge on any atom is 0.125 e. The summed E-state index contributed by atoms with van der Waals surface area (Å²) < 4.78 is 0. The molecule has 12 heavy (non-hydrogen) atoms. The van der Waals surface area contributed by atoms with Crippen LogP contribution < -0.4 is 0 Å². The molecule has 1 aromatic rings. The van der Waals surface area contributed by atoms with Gasteiger partial charge < -0.3 is 5.11 Å². The molecule has 1 N–H and O–H groups in total. The second-order valence-electron chi connectivity index (χ2n) is 3.29. The molecule has 1 aliphatic rings. The van der Waals surface area contributed by atoms with Crippen LogP contribution in [-0.2, 0) is 12.8 Å². The van der Waals surface area contributed by atoms with E-state index in [1.807, 2.05) is 13.1 Å². The van der Waals surface area contributed by atoms with Gasteiger partial charge >= 0.3 is 0 Å². The standard InChI is InChI=1S/C9H12N2O/c1-6-10-5-7-2-3-8(12)4-9(7)11-6/h5,8,12H,2-4H2,1H3. The summed E-state index contributed by atoms with van der Waals surface area (Å²) in [6, 6.07) is 0. The molecule has 0 aromatic carbocycles. The van der Waals surface area contributed by atoms with E-state index in [2.05, 4.69) is 9.97 Å². The molecule has 0 amide bonds. The van der Waals surface area contributed by atoms with Gasteiger partial charge in [0.1, 0.15) is 5.82 Å². The predicted octanol–water partition coefficient (Wildman–Crippen LogP) is 0.635. The number of aliphatic hydroxyl groups excluding tert-OH is 1.